The van der Waals surface area contributed by atoms with Gasteiger partial charge in [-0.15, -0.1) is 0 Å². The average molecular weight is 365 g/mol. The molecular weight excluding hydrogens is 342 g/mol. The number of benzene rings is 1. The molecule has 0 aliphatic carbocycles. The first-order valence-electron chi connectivity index (χ1n) is 8.33. The van der Waals surface area contributed by atoms with Crippen molar-refractivity contribution in [1.29, 1.82) is 0 Å². The molecule has 7 nitrogen and oxygen atoms in total. The lowest BCUT2D eigenvalue weighted by atomic mass is 10.1. The lowest BCUT2D eigenvalue weighted by molar-refractivity contribution is 0.114. The Labute approximate surface area is 148 Å². The third kappa shape index (κ3) is 5.20. The predicted octanol–water partition coefficient (Wildman–Crippen LogP) is 1.59. The maximum absolute atomic E-state index is 11.9. The fraction of sp³-hybridized carbons (Fsp3) is 0.471. The van der Waals surface area contributed by atoms with Gasteiger partial charge in [-0.3, -0.25) is 0 Å². The molecule has 0 aromatic heterocycles. The minimum Gasteiger partial charge on any atom is -0.490 e. The molecule has 0 radical (unpaired) electrons. The van der Waals surface area contributed by atoms with E-state index in [1.807, 2.05) is 12.1 Å². The van der Waals surface area contributed by atoms with Gasteiger partial charge in [-0.05, 0) is 50.2 Å². The van der Waals surface area contributed by atoms with Crippen LogP contribution in [0.4, 0.5) is 10.5 Å². The second-order valence-corrected chi connectivity index (χ2v) is 8.44. The summed E-state index contributed by atoms with van der Waals surface area (Å²) in [5, 5.41) is 6.44. The highest BCUT2D eigenvalue weighted by Gasteiger charge is 2.23. The lowest BCUT2D eigenvalue weighted by Gasteiger charge is -2.29. The summed E-state index contributed by atoms with van der Waals surface area (Å²) in [6, 6.07) is 6.27. The smallest absolute Gasteiger partial charge is 0.319 e. The molecule has 8 heteroatoms. The molecule has 1 aromatic rings. The number of carbonyl (C=O) groups is 1. The molecule has 1 aromatic carbocycles. The van der Waals surface area contributed by atoms with E-state index in [2.05, 4.69) is 22.6 Å². The largest absolute Gasteiger partial charge is 0.490 e. The topological polar surface area (TPSA) is 87.7 Å². The molecule has 0 bridgehead atoms. The Bertz CT molecular complexity index is 738. The Hall–Kier alpha value is -2.06. The first-order valence-corrected chi connectivity index (χ1v) is 10.0. The third-order valence-electron chi connectivity index (χ3n) is 4.33. The number of likely N-dealkylation sites (tertiary alicyclic amines) is 1. The average Bonchev–Trinajstić information content (AvgIpc) is 2.90. The number of ether oxygens (including phenoxy) is 1. The van der Waals surface area contributed by atoms with Crippen molar-refractivity contribution < 1.29 is 17.9 Å². The number of piperidine rings is 1. The van der Waals surface area contributed by atoms with Crippen molar-refractivity contribution in [1.82, 2.24) is 10.2 Å². The summed E-state index contributed by atoms with van der Waals surface area (Å²) in [5.41, 5.74) is 0.623. The Morgan fingerprint density at radius 1 is 1.20 bits per heavy atom. The van der Waals surface area contributed by atoms with Gasteiger partial charge in [0.25, 0.3) is 0 Å². The molecule has 0 unspecified atom stereocenters. The number of rotatable bonds is 4. The number of carbonyl (C=O) groups excluding carboxylic acids is 1. The molecule has 1 atom stereocenters. The van der Waals surface area contributed by atoms with Gasteiger partial charge in [0.15, 0.2) is 9.84 Å². The Morgan fingerprint density at radius 3 is 2.48 bits per heavy atom. The second-order valence-electron chi connectivity index (χ2n) is 6.51. The zero-order chi connectivity index (χ0) is 17.9. The van der Waals surface area contributed by atoms with E-state index >= 15 is 0 Å². The van der Waals surface area contributed by atoms with Crippen LogP contribution in [-0.2, 0) is 9.84 Å². The van der Waals surface area contributed by atoms with E-state index in [9.17, 15) is 13.2 Å². The van der Waals surface area contributed by atoms with Crippen LogP contribution in [0.15, 0.2) is 35.7 Å². The standard InChI is InChI=1S/C17H23N3O4S/c1-20-9-6-16(7-10-20)24-15-4-2-13(3-5-15)18-17(21)19-14-8-11-25(22,23)12-14/h2-5,8,11,14,16H,6-7,9-10,12H2,1H3,(H2,18,19,21)/t14-/m1/s1. The number of nitrogens with zero attached hydrogens (tertiary/aromatic N) is 1. The number of hydrogen-bond donors (Lipinski definition) is 2. The highest BCUT2D eigenvalue weighted by molar-refractivity contribution is 7.94. The van der Waals surface area contributed by atoms with E-state index in [0.717, 1.165) is 37.1 Å². The number of urea groups is 1. The van der Waals surface area contributed by atoms with Crippen molar-refractivity contribution in [3.8, 4) is 5.75 Å². The highest BCUT2D eigenvalue weighted by atomic mass is 32.2. The van der Waals surface area contributed by atoms with Crippen LogP contribution in [0, 0.1) is 0 Å². The summed E-state index contributed by atoms with van der Waals surface area (Å²) in [5.74, 6) is 0.689. The molecule has 2 aliphatic heterocycles. The van der Waals surface area contributed by atoms with E-state index in [4.69, 9.17) is 4.74 Å². The molecule has 2 aliphatic rings. The van der Waals surface area contributed by atoms with E-state index in [1.54, 1.807) is 12.1 Å². The second kappa shape index (κ2) is 7.45. The van der Waals surface area contributed by atoms with Gasteiger partial charge in [0.05, 0.1) is 11.8 Å². The summed E-state index contributed by atoms with van der Waals surface area (Å²) in [7, 11) is -1.07. The lowest BCUT2D eigenvalue weighted by Crippen LogP contribution is -2.38. The van der Waals surface area contributed by atoms with Crippen LogP contribution >= 0.6 is 0 Å². The zero-order valence-electron chi connectivity index (χ0n) is 14.1. The Morgan fingerprint density at radius 2 is 1.88 bits per heavy atom. The van der Waals surface area contributed by atoms with E-state index in [0.29, 0.717) is 5.69 Å². The summed E-state index contributed by atoms with van der Waals surface area (Å²) >= 11 is 0. The van der Waals surface area contributed by atoms with Gasteiger partial charge in [0.1, 0.15) is 11.9 Å². The fourth-order valence-electron chi connectivity index (χ4n) is 2.91. The number of sulfone groups is 1. The van der Waals surface area contributed by atoms with Crippen LogP contribution in [0.25, 0.3) is 0 Å². The van der Waals surface area contributed by atoms with Crippen LogP contribution in [-0.4, -0.2) is 57.4 Å². The van der Waals surface area contributed by atoms with Gasteiger partial charge in [-0.1, -0.05) is 0 Å². The molecule has 3 rings (SSSR count). The van der Waals surface area contributed by atoms with Crippen molar-refractivity contribution in [2.45, 2.75) is 25.0 Å². The molecule has 136 valence electrons. The number of nitrogens with one attached hydrogen (secondary N) is 2. The molecule has 2 heterocycles. The highest BCUT2D eigenvalue weighted by Crippen LogP contribution is 2.20. The predicted molar refractivity (Wildman–Crippen MR) is 96.5 cm³/mol. The van der Waals surface area contributed by atoms with Gasteiger partial charge >= 0.3 is 6.03 Å². The van der Waals surface area contributed by atoms with Gasteiger partial charge in [-0.2, -0.15) is 0 Å². The molecule has 0 spiro atoms. The monoisotopic (exact) mass is 365 g/mol. The van der Waals surface area contributed by atoms with Gasteiger partial charge < -0.3 is 20.3 Å². The van der Waals surface area contributed by atoms with E-state index < -0.39 is 21.9 Å². The minimum atomic E-state index is -3.18. The van der Waals surface area contributed by atoms with Crippen LogP contribution in [0.1, 0.15) is 12.8 Å². The quantitative estimate of drug-likeness (QED) is 0.846. The zero-order valence-corrected chi connectivity index (χ0v) is 15.0. The molecule has 2 amide bonds. The van der Waals surface area contributed by atoms with Gasteiger partial charge in [-0.25, -0.2) is 13.2 Å². The summed E-state index contributed by atoms with van der Waals surface area (Å²) in [6.07, 6.45) is 3.73. The van der Waals surface area contributed by atoms with Crippen LogP contribution in [0.3, 0.4) is 0 Å². The maximum Gasteiger partial charge on any atom is 0.319 e. The molecule has 0 saturated carbocycles. The van der Waals surface area contributed by atoms with Crippen molar-refractivity contribution in [3.63, 3.8) is 0 Å². The van der Waals surface area contributed by atoms with Crippen molar-refractivity contribution >= 4 is 21.6 Å². The molecule has 2 N–H and O–H groups in total. The molecular formula is C17H23N3O4S. The maximum atomic E-state index is 11.9. The summed E-state index contributed by atoms with van der Waals surface area (Å²) in [6.45, 7) is 2.08. The number of hydrogen-bond acceptors (Lipinski definition) is 5. The fourth-order valence-corrected chi connectivity index (χ4v) is 4.15. The first-order chi connectivity index (χ1) is 11.9. The van der Waals surface area contributed by atoms with Crippen LogP contribution in [0.2, 0.25) is 0 Å². The minimum absolute atomic E-state index is 0.0935. The molecule has 1 saturated heterocycles. The third-order valence-corrected chi connectivity index (χ3v) is 5.72. The van der Waals surface area contributed by atoms with Crippen molar-refractivity contribution in [2.24, 2.45) is 0 Å². The van der Waals surface area contributed by atoms with E-state index in [-0.39, 0.29) is 11.9 Å². The van der Waals surface area contributed by atoms with Crippen LogP contribution < -0.4 is 15.4 Å². The SMILES string of the molecule is CN1CCC(Oc2ccc(NC(=O)N[C@@H]3C=CS(=O)(=O)C3)cc2)CC1. The van der Waals surface area contributed by atoms with Crippen LogP contribution in [0.5, 0.6) is 5.75 Å². The van der Waals surface area contributed by atoms with E-state index in [1.165, 1.54) is 6.08 Å². The number of amides is 2. The first kappa shape index (κ1) is 17.8. The Kier molecular flexibility index (Phi) is 5.29. The molecule has 1 fully saturated rings. The number of anilines is 1. The summed E-state index contributed by atoms with van der Waals surface area (Å²) in [4.78, 5) is 14.2. The normalized spacial score (nSPS) is 23.3. The van der Waals surface area contributed by atoms with Crippen molar-refractivity contribution in [2.75, 3.05) is 31.2 Å². The molecule has 25 heavy (non-hydrogen) atoms. The van der Waals surface area contributed by atoms with Crippen molar-refractivity contribution in [3.05, 3.63) is 35.7 Å². The summed E-state index contributed by atoms with van der Waals surface area (Å²) < 4.78 is 28.6. The van der Waals surface area contributed by atoms with Gasteiger partial charge in [0, 0.05) is 24.2 Å². The Balaban J connectivity index is 1.47. The van der Waals surface area contributed by atoms with Gasteiger partial charge in [0.2, 0.25) is 0 Å².